The zero-order chi connectivity index (χ0) is 16.2. The maximum absolute atomic E-state index is 11.7. The summed E-state index contributed by atoms with van der Waals surface area (Å²) in [5, 5.41) is 6.29. The van der Waals surface area contributed by atoms with Crippen molar-refractivity contribution in [2.75, 3.05) is 5.32 Å². The van der Waals surface area contributed by atoms with Crippen LogP contribution in [0, 0.1) is 12.8 Å². The van der Waals surface area contributed by atoms with Crippen LogP contribution >= 0.6 is 23.6 Å². The van der Waals surface area contributed by atoms with E-state index in [1.807, 2.05) is 27.7 Å². The molecule has 1 aromatic rings. The molecule has 0 aliphatic heterocycles. The molecule has 0 unspecified atom stereocenters. The first-order valence-corrected chi connectivity index (χ1v) is 8.01. The molecule has 0 aliphatic rings. The first kappa shape index (κ1) is 17.6. The predicted molar refractivity (Wildman–Crippen MR) is 90.8 cm³/mol. The third kappa shape index (κ3) is 4.78. The molecule has 0 fully saturated rings. The maximum atomic E-state index is 11.7. The molecule has 0 bridgehead atoms. The number of thiophene rings is 1. The molecule has 1 heterocycles. The number of hydrogen-bond acceptors (Lipinski definition) is 4. The maximum Gasteiger partial charge on any atom is 0.251 e. The number of carbonyl (C=O) groups is 2. The van der Waals surface area contributed by atoms with E-state index in [-0.39, 0.29) is 16.9 Å². The van der Waals surface area contributed by atoms with Crippen molar-refractivity contribution in [2.24, 2.45) is 11.7 Å². The summed E-state index contributed by atoms with van der Waals surface area (Å²) in [6.45, 7) is 7.81. The van der Waals surface area contributed by atoms with Gasteiger partial charge in [0.1, 0.15) is 5.00 Å². The van der Waals surface area contributed by atoms with Crippen LogP contribution in [0.3, 0.4) is 0 Å². The Bertz CT molecular complexity index is 565. The second-order valence-electron chi connectivity index (χ2n) is 5.16. The van der Waals surface area contributed by atoms with Gasteiger partial charge in [0.2, 0.25) is 5.91 Å². The van der Waals surface area contributed by atoms with Gasteiger partial charge in [0.25, 0.3) is 5.91 Å². The van der Waals surface area contributed by atoms with Gasteiger partial charge in [0.05, 0.1) is 5.56 Å². The average Bonchev–Trinajstić information content (AvgIpc) is 2.63. The first-order chi connectivity index (χ1) is 9.76. The standard InChI is InChI=1S/C14H21N3O2S2/c1-5-9-8(4)21-13(11(9)12(15)19)17-14(20)16-10(18)6-7(2)3/h7H,5-6H2,1-4H3,(H2,15,19)(H2,16,17,18,20). The Kier molecular flexibility index (Phi) is 6.29. The fourth-order valence-electron chi connectivity index (χ4n) is 2.04. The molecule has 1 aromatic heterocycles. The van der Waals surface area contributed by atoms with Crippen LogP contribution < -0.4 is 16.4 Å². The number of nitrogens with one attached hydrogen (secondary N) is 2. The van der Waals surface area contributed by atoms with Crippen LogP contribution in [-0.4, -0.2) is 16.9 Å². The molecule has 0 saturated carbocycles. The van der Waals surface area contributed by atoms with Crippen molar-refractivity contribution in [3.8, 4) is 0 Å². The number of carbonyl (C=O) groups excluding carboxylic acids is 2. The highest BCUT2D eigenvalue weighted by Gasteiger charge is 2.20. The lowest BCUT2D eigenvalue weighted by molar-refractivity contribution is -0.120. The Hall–Kier alpha value is -1.47. The van der Waals surface area contributed by atoms with Crippen LogP contribution in [0.5, 0.6) is 0 Å². The predicted octanol–water partition coefficient (Wildman–Crippen LogP) is 2.58. The third-order valence-corrected chi connectivity index (χ3v) is 4.15. The summed E-state index contributed by atoms with van der Waals surface area (Å²) < 4.78 is 0. The largest absolute Gasteiger partial charge is 0.365 e. The molecule has 1 rings (SSSR count). The van der Waals surface area contributed by atoms with Gasteiger partial charge in [-0.05, 0) is 37.0 Å². The molecule has 0 spiro atoms. The van der Waals surface area contributed by atoms with Crippen LogP contribution in [0.4, 0.5) is 5.00 Å². The molecule has 0 aromatic carbocycles. The Morgan fingerprint density at radius 2 is 2.00 bits per heavy atom. The van der Waals surface area contributed by atoms with Crippen molar-refractivity contribution in [1.82, 2.24) is 5.32 Å². The topological polar surface area (TPSA) is 84.2 Å². The highest BCUT2D eigenvalue weighted by atomic mass is 32.1. The number of anilines is 1. The van der Waals surface area contributed by atoms with Crippen molar-refractivity contribution in [2.45, 2.75) is 40.5 Å². The van der Waals surface area contributed by atoms with E-state index in [2.05, 4.69) is 10.6 Å². The van der Waals surface area contributed by atoms with Gasteiger partial charge in [-0.15, -0.1) is 11.3 Å². The third-order valence-electron chi connectivity index (χ3n) is 2.88. The van der Waals surface area contributed by atoms with E-state index in [1.54, 1.807) is 0 Å². The molecule has 7 heteroatoms. The average molecular weight is 327 g/mol. The Morgan fingerprint density at radius 3 is 2.48 bits per heavy atom. The lowest BCUT2D eigenvalue weighted by atomic mass is 10.1. The summed E-state index contributed by atoms with van der Waals surface area (Å²) in [6.07, 6.45) is 1.11. The second-order valence-corrected chi connectivity index (χ2v) is 6.79. The summed E-state index contributed by atoms with van der Waals surface area (Å²) in [7, 11) is 0. The zero-order valence-electron chi connectivity index (χ0n) is 12.7. The van der Waals surface area contributed by atoms with Gasteiger partial charge in [-0.1, -0.05) is 20.8 Å². The minimum Gasteiger partial charge on any atom is -0.365 e. The van der Waals surface area contributed by atoms with Gasteiger partial charge in [-0.2, -0.15) is 0 Å². The Balaban J connectivity index is 2.86. The van der Waals surface area contributed by atoms with E-state index >= 15 is 0 Å². The molecule has 0 aliphatic carbocycles. The van der Waals surface area contributed by atoms with Gasteiger partial charge < -0.3 is 16.4 Å². The van der Waals surface area contributed by atoms with Crippen LogP contribution in [0.25, 0.3) is 0 Å². The monoisotopic (exact) mass is 327 g/mol. The summed E-state index contributed by atoms with van der Waals surface area (Å²) >= 11 is 6.52. The normalized spacial score (nSPS) is 10.5. The van der Waals surface area contributed by atoms with Gasteiger partial charge in [0, 0.05) is 11.3 Å². The van der Waals surface area contributed by atoms with Crippen LogP contribution in [0.2, 0.25) is 0 Å². The SMILES string of the molecule is CCc1c(C)sc(NC(=S)NC(=O)CC(C)C)c1C(N)=O. The molecule has 0 saturated heterocycles. The molecular weight excluding hydrogens is 306 g/mol. The lowest BCUT2D eigenvalue weighted by Gasteiger charge is -2.10. The number of nitrogens with two attached hydrogens (primary N) is 1. The van der Waals surface area contributed by atoms with E-state index in [9.17, 15) is 9.59 Å². The lowest BCUT2D eigenvalue weighted by Crippen LogP contribution is -2.35. The van der Waals surface area contributed by atoms with Gasteiger partial charge >= 0.3 is 0 Å². The number of primary amides is 1. The number of hydrogen-bond donors (Lipinski definition) is 3. The highest BCUT2D eigenvalue weighted by molar-refractivity contribution is 7.80. The van der Waals surface area contributed by atoms with E-state index in [4.69, 9.17) is 18.0 Å². The molecule has 21 heavy (non-hydrogen) atoms. The molecule has 5 nitrogen and oxygen atoms in total. The van der Waals surface area contributed by atoms with Crippen LogP contribution in [-0.2, 0) is 11.2 Å². The fraction of sp³-hybridized carbons (Fsp3) is 0.500. The highest BCUT2D eigenvalue weighted by Crippen LogP contribution is 2.33. The Morgan fingerprint density at radius 1 is 1.38 bits per heavy atom. The van der Waals surface area contributed by atoms with E-state index in [1.165, 1.54) is 11.3 Å². The van der Waals surface area contributed by atoms with Gasteiger partial charge in [-0.3, -0.25) is 9.59 Å². The van der Waals surface area contributed by atoms with Crippen LogP contribution in [0.1, 0.15) is 48.0 Å². The smallest absolute Gasteiger partial charge is 0.251 e. The minimum absolute atomic E-state index is 0.146. The van der Waals surface area contributed by atoms with Crippen molar-refractivity contribution in [1.29, 1.82) is 0 Å². The second kappa shape index (κ2) is 7.51. The molecule has 0 radical (unpaired) electrons. The van der Waals surface area contributed by atoms with Gasteiger partial charge in [0.15, 0.2) is 5.11 Å². The van der Waals surface area contributed by atoms with Crippen molar-refractivity contribution >= 4 is 45.5 Å². The van der Waals surface area contributed by atoms with Crippen molar-refractivity contribution < 1.29 is 9.59 Å². The van der Waals surface area contributed by atoms with Gasteiger partial charge in [-0.25, -0.2) is 0 Å². The fourth-order valence-corrected chi connectivity index (χ4v) is 3.47. The van der Waals surface area contributed by atoms with E-state index < -0.39 is 5.91 Å². The minimum atomic E-state index is -0.491. The Labute approximate surface area is 134 Å². The van der Waals surface area contributed by atoms with E-state index in [0.717, 1.165) is 16.9 Å². The van der Waals surface area contributed by atoms with Crippen molar-refractivity contribution in [3.05, 3.63) is 16.0 Å². The summed E-state index contributed by atoms with van der Waals surface area (Å²) in [4.78, 5) is 24.3. The molecule has 4 N–H and O–H groups in total. The number of rotatable bonds is 5. The summed E-state index contributed by atoms with van der Waals surface area (Å²) in [6, 6.07) is 0. The summed E-state index contributed by atoms with van der Waals surface area (Å²) in [5.41, 5.74) is 6.83. The van der Waals surface area contributed by atoms with Crippen LogP contribution in [0.15, 0.2) is 0 Å². The first-order valence-electron chi connectivity index (χ1n) is 6.79. The number of thiocarbonyl (C=S) groups is 1. The molecule has 0 atom stereocenters. The molecule has 2 amide bonds. The molecule has 116 valence electrons. The quantitative estimate of drug-likeness (QED) is 0.726. The van der Waals surface area contributed by atoms with E-state index in [0.29, 0.717) is 17.0 Å². The number of amides is 2. The number of aryl methyl sites for hydroxylation is 1. The zero-order valence-corrected chi connectivity index (χ0v) is 14.3. The van der Waals surface area contributed by atoms with Crippen molar-refractivity contribution in [3.63, 3.8) is 0 Å². The molecular formula is C14H21N3O2S2. The summed E-state index contributed by atoms with van der Waals surface area (Å²) in [5.74, 6) is -0.383.